The molecule has 2 aromatic heterocycles. The zero-order valence-electron chi connectivity index (χ0n) is 23.2. The molecule has 1 atom stereocenters. The standard InChI is InChI=1S/C32H36N4O2S/c1-21-7-8-24(38-20-23-11-15-36(23)4)18-27(21)31(37)34-32(12-13-32)28-16-22(17-29-26(28)6-5-14-33-29)30-10-9-25(39-30)19-35(2)3/h5-10,14,16-18,23H,11-13,15,19-20H2,1-4H3,(H,34,37)/t23-/m0/s1. The first kappa shape index (κ1) is 26.0. The van der Waals surface area contributed by atoms with E-state index in [0.717, 1.165) is 65.7 Å². The van der Waals surface area contributed by atoms with Gasteiger partial charge in [-0.25, -0.2) is 0 Å². The smallest absolute Gasteiger partial charge is 0.252 e. The van der Waals surface area contributed by atoms with Crippen LogP contribution in [-0.2, 0) is 12.1 Å². The number of thiophene rings is 1. The molecule has 2 fully saturated rings. The van der Waals surface area contributed by atoms with Crippen LogP contribution in [0.5, 0.6) is 5.75 Å². The van der Waals surface area contributed by atoms with E-state index in [1.54, 1.807) is 0 Å². The Labute approximate surface area is 234 Å². The summed E-state index contributed by atoms with van der Waals surface area (Å²) in [7, 11) is 6.30. The van der Waals surface area contributed by atoms with Crippen molar-refractivity contribution in [2.45, 2.75) is 44.3 Å². The van der Waals surface area contributed by atoms with Gasteiger partial charge in [0.1, 0.15) is 12.4 Å². The second-order valence-electron chi connectivity index (χ2n) is 11.3. The lowest BCUT2D eigenvalue weighted by molar-refractivity contribution is 0.0767. The SMILES string of the molecule is Cc1ccc(OC[C@@H]2CCN2C)cc1C(=O)NC1(c2cc(-c3ccc(CN(C)C)s3)cc3ncccc23)CC1. The molecule has 202 valence electrons. The van der Waals surface area contributed by atoms with Gasteiger partial charge >= 0.3 is 0 Å². The quantitative estimate of drug-likeness (QED) is 0.289. The first-order valence-corrected chi connectivity index (χ1v) is 14.5. The highest BCUT2D eigenvalue weighted by Gasteiger charge is 2.47. The molecule has 0 bridgehead atoms. The van der Waals surface area contributed by atoms with Crippen molar-refractivity contribution in [3.05, 3.63) is 82.4 Å². The molecule has 1 N–H and O–H groups in total. The van der Waals surface area contributed by atoms with Crippen molar-refractivity contribution in [1.29, 1.82) is 0 Å². The Bertz CT molecular complexity index is 1520. The summed E-state index contributed by atoms with van der Waals surface area (Å²) in [6, 6.07) is 19.2. The molecule has 3 heterocycles. The van der Waals surface area contributed by atoms with Crippen LogP contribution >= 0.6 is 11.3 Å². The summed E-state index contributed by atoms with van der Waals surface area (Å²) in [4.78, 5) is 25.4. The topological polar surface area (TPSA) is 57.7 Å². The highest BCUT2D eigenvalue weighted by atomic mass is 32.1. The second kappa shape index (κ2) is 10.4. The third kappa shape index (κ3) is 5.31. The summed E-state index contributed by atoms with van der Waals surface area (Å²) in [5, 5.41) is 4.53. The monoisotopic (exact) mass is 540 g/mol. The minimum atomic E-state index is -0.393. The van der Waals surface area contributed by atoms with Crippen molar-refractivity contribution in [3.8, 4) is 16.2 Å². The summed E-state index contributed by atoms with van der Waals surface area (Å²) in [5.74, 6) is 0.696. The molecular weight excluding hydrogens is 504 g/mol. The maximum Gasteiger partial charge on any atom is 0.252 e. The van der Waals surface area contributed by atoms with Gasteiger partial charge in [0.2, 0.25) is 0 Å². The van der Waals surface area contributed by atoms with Crippen molar-refractivity contribution in [2.75, 3.05) is 34.3 Å². The van der Waals surface area contributed by atoms with E-state index in [9.17, 15) is 4.79 Å². The number of pyridine rings is 1. The molecule has 1 aliphatic carbocycles. The van der Waals surface area contributed by atoms with Gasteiger partial charge < -0.3 is 15.0 Å². The van der Waals surface area contributed by atoms with Crippen LogP contribution in [0.3, 0.4) is 0 Å². The Morgan fingerprint density at radius 1 is 1.18 bits per heavy atom. The average molecular weight is 541 g/mol. The Balaban J connectivity index is 1.28. The molecule has 1 aliphatic heterocycles. The van der Waals surface area contributed by atoms with Crippen LogP contribution in [0.2, 0.25) is 0 Å². The molecule has 6 nitrogen and oxygen atoms in total. The highest BCUT2D eigenvalue weighted by Crippen LogP contribution is 2.49. The number of aryl methyl sites for hydroxylation is 1. The second-order valence-corrected chi connectivity index (χ2v) is 12.5. The lowest BCUT2D eigenvalue weighted by Gasteiger charge is -2.37. The summed E-state index contributed by atoms with van der Waals surface area (Å²) >= 11 is 1.82. The first-order chi connectivity index (χ1) is 18.8. The summed E-state index contributed by atoms with van der Waals surface area (Å²) in [5.41, 5.74) is 4.49. The van der Waals surface area contributed by atoms with Gasteiger partial charge in [-0.15, -0.1) is 11.3 Å². The number of fused-ring (bicyclic) bond motifs is 1. The van der Waals surface area contributed by atoms with Crippen molar-refractivity contribution < 1.29 is 9.53 Å². The minimum Gasteiger partial charge on any atom is -0.492 e. The van der Waals surface area contributed by atoms with Gasteiger partial charge in [0.05, 0.1) is 11.1 Å². The molecule has 1 saturated carbocycles. The molecule has 7 heteroatoms. The fraction of sp³-hybridized carbons (Fsp3) is 0.375. The molecule has 1 saturated heterocycles. The normalized spacial score (nSPS) is 18.2. The summed E-state index contributed by atoms with van der Waals surface area (Å²) in [6.45, 7) is 4.67. The summed E-state index contributed by atoms with van der Waals surface area (Å²) < 4.78 is 6.07. The Hall–Kier alpha value is -3.26. The van der Waals surface area contributed by atoms with Crippen LogP contribution in [0.15, 0.2) is 60.8 Å². The number of nitrogens with zero attached hydrogens (tertiary/aromatic N) is 3. The van der Waals surface area contributed by atoms with Gasteiger partial charge in [0.15, 0.2) is 0 Å². The molecule has 2 aromatic carbocycles. The predicted octanol–water partition coefficient (Wildman–Crippen LogP) is 5.84. The van der Waals surface area contributed by atoms with Gasteiger partial charge in [0, 0.05) is 39.5 Å². The zero-order valence-corrected chi connectivity index (χ0v) is 24.0. The van der Waals surface area contributed by atoms with E-state index in [-0.39, 0.29) is 5.91 Å². The van der Waals surface area contributed by atoms with E-state index >= 15 is 0 Å². The number of carbonyl (C=O) groups excluding carboxylic acids is 1. The molecule has 6 rings (SSSR count). The van der Waals surface area contributed by atoms with Crippen LogP contribution in [0.4, 0.5) is 0 Å². The number of likely N-dealkylation sites (N-methyl/N-ethyl adjacent to an activating group) is 1. The van der Waals surface area contributed by atoms with Gasteiger partial charge in [-0.3, -0.25) is 14.7 Å². The van der Waals surface area contributed by atoms with Gasteiger partial charge in [0.25, 0.3) is 5.91 Å². The number of rotatable bonds is 9. The third-order valence-corrected chi connectivity index (χ3v) is 9.21. The number of benzene rings is 2. The zero-order chi connectivity index (χ0) is 27.1. The van der Waals surface area contributed by atoms with Gasteiger partial charge in [-0.05, 0) is 113 Å². The lowest BCUT2D eigenvalue weighted by atomic mass is 9.95. The Morgan fingerprint density at radius 2 is 2.03 bits per heavy atom. The van der Waals surface area contributed by atoms with Crippen LogP contribution in [0.1, 0.15) is 45.6 Å². The van der Waals surface area contributed by atoms with Crippen LogP contribution < -0.4 is 10.1 Å². The van der Waals surface area contributed by atoms with E-state index in [4.69, 9.17) is 9.72 Å². The number of amides is 1. The van der Waals surface area contributed by atoms with Crippen molar-refractivity contribution in [1.82, 2.24) is 20.1 Å². The highest BCUT2D eigenvalue weighted by molar-refractivity contribution is 7.15. The average Bonchev–Trinajstić information content (AvgIpc) is 3.55. The van der Waals surface area contributed by atoms with Gasteiger partial charge in [-0.2, -0.15) is 0 Å². The number of carbonyl (C=O) groups is 1. The lowest BCUT2D eigenvalue weighted by Crippen LogP contribution is -2.48. The minimum absolute atomic E-state index is 0.0527. The van der Waals surface area contributed by atoms with Crippen LogP contribution in [0, 0.1) is 6.92 Å². The third-order valence-electron chi connectivity index (χ3n) is 8.09. The molecule has 2 aliphatic rings. The maximum absolute atomic E-state index is 13.7. The molecule has 39 heavy (non-hydrogen) atoms. The van der Waals surface area contributed by atoms with Crippen molar-refractivity contribution in [3.63, 3.8) is 0 Å². The fourth-order valence-corrected chi connectivity index (χ4v) is 6.54. The number of nitrogens with one attached hydrogen (secondary N) is 1. The molecule has 0 radical (unpaired) electrons. The van der Waals surface area contributed by atoms with Crippen LogP contribution in [0.25, 0.3) is 21.3 Å². The number of aromatic nitrogens is 1. The molecule has 0 unspecified atom stereocenters. The van der Waals surface area contributed by atoms with E-state index in [0.29, 0.717) is 18.2 Å². The number of hydrogen-bond donors (Lipinski definition) is 1. The van der Waals surface area contributed by atoms with Crippen LogP contribution in [-0.4, -0.2) is 61.0 Å². The van der Waals surface area contributed by atoms with Crippen molar-refractivity contribution >= 4 is 28.1 Å². The van der Waals surface area contributed by atoms with E-state index in [2.05, 4.69) is 66.6 Å². The maximum atomic E-state index is 13.7. The Morgan fingerprint density at radius 3 is 2.74 bits per heavy atom. The summed E-state index contributed by atoms with van der Waals surface area (Å²) in [6.07, 6.45) is 4.82. The van der Waals surface area contributed by atoms with Crippen molar-refractivity contribution in [2.24, 2.45) is 0 Å². The molecular formula is C32H36N4O2S. The van der Waals surface area contributed by atoms with E-state index in [1.807, 2.05) is 48.7 Å². The Kier molecular flexibility index (Phi) is 6.91. The predicted molar refractivity (Wildman–Crippen MR) is 159 cm³/mol. The van der Waals surface area contributed by atoms with Gasteiger partial charge in [-0.1, -0.05) is 12.1 Å². The van der Waals surface area contributed by atoms with E-state index < -0.39 is 5.54 Å². The largest absolute Gasteiger partial charge is 0.492 e. The molecule has 1 amide bonds. The molecule has 4 aromatic rings. The first-order valence-electron chi connectivity index (χ1n) is 13.7. The molecule has 0 spiro atoms. The number of hydrogen-bond acceptors (Lipinski definition) is 6. The number of likely N-dealkylation sites (tertiary alicyclic amines) is 1. The fourth-order valence-electron chi connectivity index (χ4n) is 5.43. The van der Waals surface area contributed by atoms with E-state index in [1.165, 1.54) is 9.75 Å². The number of ether oxygens (including phenoxy) is 1.